The zero-order valence-electron chi connectivity index (χ0n) is 61.8. The Kier molecular flexibility index (Phi) is 30.2. The molecule has 572 valence electrons. The maximum atomic E-state index is 13.8. The molecule has 10 atom stereocenters. The molecule has 5 N–H and O–H groups in total. The summed E-state index contributed by atoms with van der Waals surface area (Å²) in [7, 11) is 5.97. The molecule has 10 aliphatic rings. The van der Waals surface area contributed by atoms with Gasteiger partial charge in [0.2, 0.25) is 10.0 Å². The summed E-state index contributed by atoms with van der Waals surface area (Å²) in [6.07, 6.45) is 22.7. The molecule has 21 nitrogen and oxygen atoms in total. The van der Waals surface area contributed by atoms with Crippen LogP contribution in [0.3, 0.4) is 0 Å². The standard InChI is InChI=1S/C26H34N2O5S.C19H28N2O2.C17H23NO2.C9H15NO.C7H7ClO3S.C2H7NO/c1-31-21-9-7-20(8-10-21)19-27-16-15-26(24-5-3-4-6-25(24)27)28(17-18-33-26)34(29,30)23-13-11-22(32-2)12-14-23;1-22-16-8-6-15(7-9-16)14-21-12-10-19(20-11-13-23-19)17-4-2-3-5-18(17)21;1-20-14-8-6-13(7-9-14)12-18-11-10-17(19)15-4-2-3-5-16(15)18;11-9-5-6-10-8-4-2-1-3-7(8)9;1-11-6-2-4-7(5-3-6)12(8,9)10;3-1-2-4/h7-14,24-25H,3-6,15-19H2,1-2H3;6-9,17-18,20H,2-5,10-14H2,1H3;6-9,15-16H,2-5,10-12H2,1H3;7-8,10H,1-6H2;2-5H,1H3;4H,1-3H2. The van der Waals surface area contributed by atoms with Crippen molar-refractivity contribution in [3.63, 3.8) is 0 Å². The van der Waals surface area contributed by atoms with Crippen molar-refractivity contribution in [2.24, 2.45) is 29.4 Å². The third-order valence-corrected chi connectivity index (χ3v) is 26.3. The van der Waals surface area contributed by atoms with Crippen LogP contribution in [-0.4, -0.2) is 189 Å². The highest BCUT2D eigenvalue weighted by Gasteiger charge is 2.59. The summed E-state index contributed by atoms with van der Waals surface area (Å²) in [5.41, 5.74) is 7.92. The minimum atomic E-state index is -3.69. The second kappa shape index (κ2) is 38.9. The third kappa shape index (κ3) is 20.5. The second-order valence-electron chi connectivity index (χ2n) is 29.0. The van der Waals surface area contributed by atoms with Crippen LogP contribution in [0.1, 0.15) is 145 Å². The number of nitrogens with one attached hydrogen (secondary N) is 2. The average Bonchev–Trinajstić information content (AvgIpc) is 1.46. The van der Waals surface area contributed by atoms with E-state index in [1.807, 2.05) is 24.3 Å². The zero-order chi connectivity index (χ0) is 73.7. The van der Waals surface area contributed by atoms with Crippen LogP contribution in [0.15, 0.2) is 131 Å². The molecule has 6 saturated heterocycles. The minimum absolute atomic E-state index is 0.0263. The Morgan fingerprint density at radius 2 is 0.913 bits per heavy atom. The topological polar surface area (TPSA) is 250 Å². The molecule has 6 heterocycles. The van der Waals surface area contributed by atoms with Gasteiger partial charge in [-0.1, -0.05) is 87.8 Å². The van der Waals surface area contributed by atoms with Gasteiger partial charge in [-0.3, -0.25) is 29.6 Å². The van der Waals surface area contributed by atoms with Crippen molar-refractivity contribution < 1.29 is 64.7 Å². The molecule has 24 heteroatoms. The molecule has 5 aromatic rings. The number of Topliss-reactive ketones (excluding diaryl/α,β-unsaturated/α-hetero) is 2. The molecule has 5 aromatic carbocycles. The molecule has 0 amide bonds. The predicted octanol–water partition coefficient (Wildman–Crippen LogP) is 11.4. The number of fused-ring (bicyclic) bond motifs is 6. The number of methoxy groups -OCH3 is 5. The van der Waals surface area contributed by atoms with Crippen molar-refractivity contribution >= 4 is 41.3 Å². The number of aliphatic hydroxyl groups is 1. The molecular formula is C80H114ClN7O14S2. The molecule has 2 spiro atoms. The third-order valence-electron chi connectivity index (χ3n) is 23.0. The van der Waals surface area contributed by atoms with Gasteiger partial charge in [0, 0.05) is 150 Å². The van der Waals surface area contributed by atoms with Gasteiger partial charge in [0.15, 0.2) is 0 Å². The van der Waals surface area contributed by atoms with Crippen LogP contribution in [0.4, 0.5) is 0 Å². The quantitative estimate of drug-likeness (QED) is 0.0711. The normalized spacial score (nSPS) is 27.7. The number of likely N-dealkylation sites (tertiary alicyclic amines) is 3. The number of ether oxygens (including phenoxy) is 7. The number of sulfonamides is 1. The molecule has 10 fully saturated rings. The first kappa shape index (κ1) is 80.8. The van der Waals surface area contributed by atoms with Crippen LogP contribution in [-0.2, 0) is 57.8 Å². The minimum Gasteiger partial charge on any atom is -0.497 e. The lowest BCUT2D eigenvalue weighted by molar-refractivity contribution is -0.166. The molecule has 10 unspecified atom stereocenters. The molecule has 104 heavy (non-hydrogen) atoms. The lowest BCUT2D eigenvalue weighted by Gasteiger charge is -2.54. The monoisotopic (exact) mass is 1500 g/mol. The van der Waals surface area contributed by atoms with Gasteiger partial charge in [0.25, 0.3) is 9.05 Å². The fourth-order valence-electron chi connectivity index (χ4n) is 17.8. The molecular weight excluding hydrogens is 1380 g/mol. The van der Waals surface area contributed by atoms with E-state index in [4.69, 9.17) is 54.7 Å². The van der Waals surface area contributed by atoms with Crippen molar-refractivity contribution in [3.05, 3.63) is 138 Å². The number of aliphatic hydroxyl groups excluding tert-OH is 1. The van der Waals surface area contributed by atoms with E-state index in [-0.39, 0.29) is 23.1 Å². The van der Waals surface area contributed by atoms with E-state index < -0.39 is 24.8 Å². The molecule has 0 bridgehead atoms. The Bertz CT molecular complexity index is 3690. The number of carbonyl (C=O) groups is 2. The van der Waals surface area contributed by atoms with E-state index in [0.29, 0.717) is 96.0 Å². The highest BCUT2D eigenvalue weighted by atomic mass is 35.7. The first-order valence-corrected chi connectivity index (χ1v) is 41.6. The fraction of sp³-hybridized carbons (Fsp3) is 0.600. The van der Waals surface area contributed by atoms with Crippen molar-refractivity contribution in [3.8, 4) is 28.7 Å². The Morgan fingerprint density at radius 3 is 1.39 bits per heavy atom. The van der Waals surface area contributed by atoms with Gasteiger partial charge in [0.05, 0.1) is 65.2 Å². The predicted molar refractivity (Wildman–Crippen MR) is 404 cm³/mol. The zero-order valence-corrected chi connectivity index (χ0v) is 64.2. The van der Waals surface area contributed by atoms with Crippen LogP contribution in [0.2, 0.25) is 0 Å². The van der Waals surface area contributed by atoms with E-state index in [1.54, 1.807) is 57.0 Å². The number of carbonyl (C=O) groups excluding carboxylic acids is 2. The maximum Gasteiger partial charge on any atom is 0.261 e. The van der Waals surface area contributed by atoms with Crippen LogP contribution in [0.25, 0.3) is 0 Å². The van der Waals surface area contributed by atoms with Crippen LogP contribution in [0.5, 0.6) is 28.7 Å². The number of halogens is 1. The number of rotatable bonds is 15. The van der Waals surface area contributed by atoms with E-state index in [0.717, 1.165) is 128 Å². The van der Waals surface area contributed by atoms with Crippen molar-refractivity contribution in [2.75, 3.05) is 101 Å². The summed E-state index contributed by atoms with van der Waals surface area (Å²) in [6, 6.07) is 39.6. The Hall–Kier alpha value is -5.77. The van der Waals surface area contributed by atoms with Gasteiger partial charge in [-0.25, -0.2) is 16.8 Å². The van der Waals surface area contributed by atoms with Crippen molar-refractivity contribution in [1.82, 2.24) is 29.6 Å². The fourth-order valence-corrected chi connectivity index (χ4v) is 20.3. The lowest BCUT2D eigenvalue weighted by Crippen LogP contribution is -2.64. The van der Waals surface area contributed by atoms with Gasteiger partial charge >= 0.3 is 0 Å². The molecule has 15 rings (SSSR count). The van der Waals surface area contributed by atoms with E-state index in [2.05, 4.69) is 73.9 Å². The molecule has 0 aromatic heterocycles. The van der Waals surface area contributed by atoms with Gasteiger partial charge in [-0.15, -0.1) is 0 Å². The number of hydrogen-bond acceptors (Lipinski definition) is 20. The summed E-state index contributed by atoms with van der Waals surface area (Å²) in [5.74, 6) is 6.42. The maximum absolute atomic E-state index is 13.8. The Balaban J connectivity index is 0.000000145. The van der Waals surface area contributed by atoms with E-state index in [1.165, 1.54) is 119 Å². The smallest absolute Gasteiger partial charge is 0.261 e. The van der Waals surface area contributed by atoms with Crippen LogP contribution in [0, 0.1) is 23.7 Å². The molecule has 0 radical (unpaired) electrons. The number of ketones is 2. The number of nitrogens with two attached hydrogens (primary N) is 1. The van der Waals surface area contributed by atoms with E-state index >= 15 is 0 Å². The summed E-state index contributed by atoms with van der Waals surface area (Å²) in [6.45, 7) is 9.83. The number of nitrogens with zero attached hydrogens (tertiary/aromatic N) is 4. The van der Waals surface area contributed by atoms with Crippen LogP contribution >= 0.6 is 10.7 Å². The summed E-state index contributed by atoms with van der Waals surface area (Å²) < 4.78 is 89.3. The Labute approximate surface area is 622 Å². The highest BCUT2D eigenvalue weighted by molar-refractivity contribution is 8.13. The number of hydrogen-bond donors (Lipinski definition) is 4. The number of piperidine rings is 4. The van der Waals surface area contributed by atoms with Crippen molar-refractivity contribution in [2.45, 2.75) is 193 Å². The first-order valence-electron chi connectivity index (χ1n) is 37.9. The molecule has 4 aliphatic carbocycles. The highest BCUT2D eigenvalue weighted by Crippen LogP contribution is 2.50. The largest absolute Gasteiger partial charge is 0.497 e. The van der Waals surface area contributed by atoms with Crippen molar-refractivity contribution in [1.29, 1.82) is 0 Å². The first-order chi connectivity index (χ1) is 50.4. The summed E-state index contributed by atoms with van der Waals surface area (Å²) >= 11 is 0. The van der Waals surface area contributed by atoms with E-state index in [9.17, 15) is 26.4 Å². The second-order valence-corrected chi connectivity index (χ2v) is 33.4. The Morgan fingerprint density at radius 1 is 0.490 bits per heavy atom. The van der Waals surface area contributed by atoms with Gasteiger partial charge in [-0.2, -0.15) is 4.31 Å². The SMILES string of the molecule is COc1ccc(CN2CCC(=O)C3CCCCC32)cc1.COc1ccc(CN2CCC3(NCCO3)C3CCCCC32)cc1.COc1ccc(CN2CCC3(OCCN3S(=O)(=O)c3ccc(OC)cc3)C3CCCCC32)cc1.COc1ccc(S(=O)(=O)Cl)cc1.NCCO.O=C1CCNC2CCCCC12. The molecule has 6 aliphatic heterocycles. The summed E-state index contributed by atoms with van der Waals surface area (Å²) in [5, 5.41) is 14.9. The number of benzene rings is 5. The van der Waals surface area contributed by atoms with Gasteiger partial charge < -0.3 is 49.3 Å². The molecule has 4 saturated carbocycles. The van der Waals surface area contributed by atoms with Gasteiger partial charge in [-0.05, 0) is 153 Å². The van der Waals surface area contributed by atoms with Gasteiger partial charge in [0.1, 0.15) is 51.8 Å². The lowest BCUT2D eigenvalue weighted by atomic mass is 9.73. The summed E-state index contributed by atoms with van der Waals surface area (Å²) in [4.78, 5) is 31.6. The average molecular weight is 1500 g/mol. The van der Waals surface area contributed by atoms with Crippen LogP contribution < -0.4 is 40.1 Å².